The monoisotopic (exact) mass is 639 g/mol. The summed E-state index contributed by atoms with van der Waals surface area (Å²) in [6.45, 7) is 0. The maximum Gasteiger partial charge on any atom is 0.336 e. The van der Waals surface area contributed by atoms with Crippen LogP contribution in [0, 0.1) is 5.92 Å². The van der Waals surface area contributed by atoms with E-state index in [2.05, 4.69) is 18.2 Å². The first kappa shape index (κ1) is 32.3. The second-order valence-electron chi connectivity index (χ2n) is 9.69. The molecule has 43 heavy (non-hydrogen) atoms. The number of aliphatic imine (C=N–C) groups is 1. The van der Waals surface area contributed by atoms with Crippen LogP contribution in [0.15, 0.2) is 94.0 Å². The lowest BCUT2D eigenvalue weighted by Gasteiger charge is -2.33. The van der Waals surface area contributed by atoms with Gasteiger partial charge in [-0.15, -0.1) is 11.8 Å². The normalized spacial score (nSPS) is 16.3. The number of ether oxygens (including phenoxy) is 3. The summed E-state index contributed by atoms with van der Waals surface area (Å²) in [4.78, 5) is 45.2. The van der Waals surface area contributed by atoms with Crippen molar-refractivity contribution in [3.05, 3.63) is 111 Å². The molecule has 3 aromatic rings. The molecule has 1 aliphatic rings. The largest absolute Gasteiger partial charge is 0.469 e. The smallest absolute Gasteiger partial charge is 0.336 e. The summed E-state index contributed by atoms with van der Waals surface area (Å²) in [6, 6.07) is 23.1. The van der Waals surface area contributed by atoms with E-state index in [-0.39, 0.29) is 27.8 Å². The number of halogens is 2. The average molecular weight is 641 g/mol. The van der Waals surface area contributed by atoms with Crippen LogP contribution in [0.3, 0.4) is 0 Å². The maximum absolute atomic E-state index is 13.5. The molecule has 224 valence electrons. The lowest BCUT2D eigenvalue weighted by atomic mass is 9.74. The van der Waals surface area contributed by atoms with E-state index >= 15 is 0 Å². The highest BCUT2D eigenvalue weighted by molar-refractivity contribution is 7.98. The van der Waals surface area contributed by atoms with Crippen molar-refractivity contribution < 1.29 is 28.6 Å². The molecule has 3 aromatic carbocycles. The number of rotatable bonds is 11. The second kappa shape index (κ2) is 15.2. The predicted octanol–water partition coefficient (Wildman–Crippen LogP) is 7.24. The lowest BCUT2D eigenvalue weighted by molar-refractivity contribution is -0.143. The molecule has 0 aromatic heterocycles. The van der Waals surface area contributed by atoms with Crippen molar-refractivity contribution in [2.75, 3.05) is 21.3 Å². The van der Waals surface area contributed by atoms with E-state index in [0.717, 1.165) is 21.8 Å². The van der Waals surface area contributed by atoms with Crippen LogP contribution >= 0.6 is 35.0 Å². The molecule has 0 saturated heterocycles. The molecule has 1 aliphatic heterocycles. The first-order chi connectivity index (χ1) is 20.8. The Morgan fingerprint density at radius 1 is 0.791 bits per heavy atom. The molecular weight excluding hydrogens is 609 g/mol. The fourth-order valence-corrected chi connectivity index (χ4v) is 6.73. The van der Waals surface area contributed by atoms with Gasteiger partial charge in [0.2, 0.25) is 0 Å². The van der Waals surface area contributed by atoms with Crippen molar-refractivity contribution in [1.29, 1.82) is 0 Å². The zero-order chi connectivity index (χ0) is 30.9. The number of benzene rings is 3. The van der Waals surface area contributed by atoms with Gasteiger partial charge >= 0.3 is 17.9 Å². The number of methoxy groups -OCH3 is 3. The summed E-state index contributed by atoms with van der Waals surface area (Å²) in [5, 5.41) is 0.490. The Bertz CT molecular complexity index is 1540. The van der Waals surface area contributed by atoms with Gasteiger partial charge in [-0.25, -0.2) is 4.79 Å². The highest BCUT2D eigenvalue weighted by atomic mass is 35.5. The zero-order valence-electron chi connectivity index (χ0n) is 24.0. The number of thioether (sulfide) groups is 1. The van der Waals surface area contributed by atoms with Crippen LogP contribution in [-0.4, -0.2) is 44.9 Å². The third-order valence-corrected chi connectivity index (χ3v) is 8.92. The van der Waals surface area contributed by atoms with Gasteiger partial charge in [0.25, 0.3) is 0 Å². The minimum atomic E-state index is -1.17. The Kier molecular flexibility index (Phi) is 11.4. The molecular formula is C33H31Cl2NO6S. The molecule has 0 fully saturated rings. The van der Waals surface area contributed by atoms with E-state index in [9.17, 15) is 14.4 Å². The molecule has 4 rings (SSSR count). The van der Waals surface area contributed by atoms with E-state index in [1.54, 1.807) is 30.0 Å². The van der Waals surface area contributed by atoms with Gasteiger partial charge in [-0.2, -0.15) is 0 Å². The van der Waals surface area contributed by atoms with Crippen LogP contribution in [0.1, 0.15) is 35.4 Å². The number of hydrogen-bond acceptors (Lipinski definition) is 8. The number of aryl methyl sites for hydroxylation is 1. The highest BCUT2D eigenvalue weighted by Crippen LogP contribution is 2.46. The van der Waals surface area contributed by atoms with Crippen molar-refractivity contribution in [2.24, 2.45) is 10.9 Å². The molecule has 0 bridgehead atoms. The number of carbonyl (C=O) groups excluding carboxylic acids is 3. The first-order valence-corrected chi connectivity index (χ1v) is 15.2. The topological polar surface area (TPSA) is 91.3 Å². The molecule has 7 nitrogen and oxygen atoms in total. The van der Waals surface area contributed by atoms with Crippen LogP contribution in [0.2, 0.25) is 10.0 Å². The van der Waals surface area contributed by atoms with Crippen LogP contribution in [-0.2, 0) is 40.8 Å². The van der Waals surface area contributed by atoms with E-state index in [0.29, 0.717) is 24.1 Å². The average Bonchev–Trinajstić information content (AvgIpc) is 3.02. The fourth-order valence-electron chi connectivity index (χ4n) is 5.15. The van der Waals surface area contributed by atoms with Crippen molar-refractivity contribution in [3.63, 3.8) is 0 Å². The SMILES string of the molecule is COC(=O)CC1=NC(CCc2ccccc2CSc2ccccc2)=C(C(=O)OC)C(c2c(Cl)cccc2Cl)C1C(=O)OC. The van der Waals surface area contributed by atoms with E-state index < -0.39 is 29.7 Å². The minimum Gasteiger partial charge on any atom is -0.469 e. The molecule has 2 unspecified atom stereocenters. The van der Waals surface area contributed by atoms with Gasteiger partial charge in [0.15, 0.2) is 0 Å². The molecule has 2 atom stereocenters. The molecule has 1 heterocycles. The van der Waals surface area contributed by atoms with Gasteiger partial charge in [0.05, 0.1) is 39.0 Å². The quantitative estimate of drug-likeness (QED) is 0.124. The number of hydrogen-bond donors (Lipinski definition) is 0. The van der Waals surface area contributed by atoms with Crippen molar-refractivity contribution in [3.8, 4) is 0 Å². The van der Waals surface area contributed by atoms with Gasteiger partial charge in [-0.3, -0.25) is 14.6 Å². The summed E-state index contributed by atoms with van der Waals surface area (Å²) < 4.78 is 15.3. The van der Waals surface area contributed by atoms with Crippen molar-refractivity contribution in [2.45, 2.75) is 35.8 Å². The second-order valence-corrected chi connectivity index (χ2v) is 11.6. The molecule has 0 spiro atoms. The third kappa shape index (κ3) is 7.68. The first-order valence-electron chi connectivity index (χ1n) is 13.5. The van der Waals surface area contributed by atoms with Gasteiger partial charge in [-0.05, 0) is 53.8 Å². The molecule has 0 aliphatic carbocycles. The Balaban J connectivity index is 1.81. The molecule has 0 saturated carbocycles. The third-order valence-electron chi connectivity index (χ3n) is 7.20. The summed E-state index contributed by atoms with van der Waals surface area (Å²) >= 11 is 15.0. The molecule has 0 amide bonds. The predicted molar refractivity (Wildman–Crippen MR) is 169 cm³/mol. The van der Waals surface area contributed by atoms with Gasteiger partial charge in [0.1, 0.15) is 5.92 Å². The fraction of sp³-hybridized carbons (Fsp3) is 0.273. The van der Waals surface area contributed by atoms with E-state index in [1.165, 1.54) is 21.3 Å². The van der Waals surface area contributed by atoms with Crippen LogP contribution in [0.5, 0.6) is 0 Å². The van der Waals surface area contributed by atoms with Crippen molar-refractivity contribution >= 4 is 58.6 Å². The van der Waals surface area contributed by atoms with Gasteiger partial charge in [-0.1, -0.05) is 71.7 Å². The van der Waals surface area contributed by atoms with Crippen LogP contribution in [0.4, 0.5) is 0 Å². The number of nitrogens with zero attached hydrogens (tertiary/aromatic N) is 1. The Morgan fingerprint density at radius 2 is 1.44 bits per heavy atom. The lowest BCUT2D eigenvalue weighted by Crippen LogP contribution is -2.38. The van der Waals surface area contributed by atoms with E-state index in [1.807, 2.05) is 36.4 Å². The molecule has 0 N–H and O–H groups in total. The summed E-state index contributed by atoms with van der Waals surface area (Å²) in [5.41, 5.74) is 3.26. The van der Waals surface area contributed by atoms with Crippen LogP contribution < -0.4 is 0 Å². The number of esters is 3. The Hall–Kier alpha value is -3.59. The maximum atomic E-state index is 13.5. The van der Waals surface area contributed by atoms with Gasteiger partial charge < -0.3 is 14.2 Å². The van der Waals surface area contributed by atoms with Gasteiger partial charge in [0, 0.05) is 32.3 Å². The number of allylic oxidation sites excluding steroid dienone is 1. The minimum absolute atomic E-state index is 0.137. The zero-order valence-corrected chi connectivity index (χ0v) is 26.3. The Morgan fingerprint density at radius 3 is 2.07 bits per heavy atom. The standard InChI is InChI=1S/C33H31Cl2NO6S/c1-40-27(37)18-26-30(33(39)42-3)31(28-23(34)14-9-15-24(28)35)29(32(38)41-2)25(36-26)17-16-20-10-7-8-11-21(20)19-43-22-12-5-4-6-13-22/h4-15,30-31H,16-19H2,1-3H3. The van der Waals surface area contributed by atoms with Crippen LogP contribution in [0.25, 0.3) is 0 Å². The Labute approximate surface area is 265 Å². The molecule has 10 heteroatoms. The molecule has 0 radical (unpaired) electrons. The summed E-state index contributed by atoms with van der Waals surface area (Å²) in [6.07, 6.45) is 0.550. The highest BCUT2D eigenvalue weighted by Gasteiger charge is 2.46. The summed E-state index contributed by atoms with van der Waals surface area (Å²) in [7, 11) is 3.74. The number of carbonyl (C=O) groups is 3. The summed E-state index contributed by atoms with van der Waals surface area (Å²) in [5.74, 6) is -3.42. The van der Waals surface area contributed by atoms with E-state index in [4.69, 9.17) is 42.4 Å². The van der Waals surface area contributed by atoms with Crippen molar-refractivity contribution in [1.82, 2.24) is 0 Å².